The van der Waals surface area contributed by atoms with E-state index in [1.165, 1.54) is 11.1 Å². The number of aliphatic hydroxyl groups is 1. The van der Waals surface area contributed by atoms with Gasteiger partial charge < -0.3 is 15.1 Å². The average molecular weight is 588 g/mol. The molecular formula is C33H50F5NO2. The van der Waals surface area contributed by atoms with Gasteiger partial charge in [-0.1, -0.05) is 45.1 Å². The number of nitrogens with zero attached hydrogens (tertiary/aromatic N) is 1. The van der Waals surface area contributed by atoms with Crippen molar-refractivity contribution in [3.05, 3.63) is 29.3 Å². The second-order valence-corrected chi connectivity index (χ2v) is 13.7. The predicted octanol–water partition coefficient (Wildman–Crippen LogP) is 8.87. The first-order valence-electron chi connectivity index (χ1n) is 16.0. The van der Waals surface area contributed by atoms with Gasteiger partial charge in [-0.25, -0.2) is 0 Å². The van der Waals surface area contributed by atoms with Gasteiger partial charge in [0.05, 0.1) is 6.10 Å². The van der Waals surface area contributed by atoms with E-state index < -0.39 is 18.5 Å². The van der Waals surface area contributed by atoms with E-state index in [4.69, 9.17) is 0 Å². The number of hydrogen-bond acceptors (Lipinski definition) is 3. The summed E-state index contributed by atoms with van der Waals surface area (Å²) in [6.45, 7) is 4.24. The zero-order valence-corrected chi connectivity index (χ0v) is 24.9. The lowest BCUT2D eigenvalue weighted by molar-refractivity contribution is -0.284. The number of phenolic OH excluding ortho intramolecular Hbond substituents is 1. The maximum Gasteiger partial charge on any atom is 0.453 e. The van der Waals surface area contributed by atoms with Crippen LogP contribution in [0.25, 0.3) is 0 Å². The van der Waals surface area contributed by atoms with Gasteiger partial charge in [0.2, 0.25) is 0 Å². The summed E-state index contributed by atoms with van der Waals surface area (Å²) < 4.78 is 62.6. The lowest BCUT2D eigenvalue weighted by Crippen LogP contribution is -2.47. The molecule has 3 aliphatic carbocycles. The summed E-state index contributed by atoms with van der Waals surface area (Å²) in [6.07, 6.45) is 5.85. The molecule has 4 rings (SSSR count). The molecule has 0 unspecified atom stereocenters. The van der Waals surface area contributed by atoms with Crippen LogP contribution in [0.15, 0.2) is 18.2 Å². The Morgan fingerprint density at radius 3 is 2.27 bits per heavy atom. The molecule has 2 saturated carbocycles. The SMILES string of the molecule is CN(CCCCCCCC(F)(F)C(F)(F)F)CCCCC[C@H]1C[C@]2(C)[C@@H](O)CC[C@H]2[C@@H]2CCc3cc(O)ccc3[C@@H]12. The topological polar surface area (TPSA) is 43.7 Å². The number of halogens is 5. The van der Waals surface area contributed by atoms with Crippen molar-refractivity contribution in [2.24, 2.45) is 23.2 Å². The molecule has 0 bridgehead atoms. The summed E-state index contributed by atoms with van der Waals surface area (Å²) in [5.74, 6) is -1.97. The molecule has 0 radical (unpaired) electrons. The molecular weight excluding hydrogens is 537 g/mol. The van der Waals surface area contributed by atoms with Crippen LogP contribution in [0, 0.1) is 23.2 Å². The third kappa shape index (κ3) is 7.57. The Balaban J connectivity index is 1.17. The smallest absolute Gasteiger partial charge is 0.453 e. The van der Waals surface area contributed by atoms with E-state index in [1.807, 2.05) is 12.1 Å². The lowest BCUT2D eigenvalue weighted by Gasteiger charge is -2.54. The van der Waals surface area contributed by atoms with Crippen molar-refractivity contribution in [3.63, 3.8) is 0 Å². The monoisotopic (exact) mass is 587 g/mol. The molecule has 0 heterocycles. The van der Waals surface area contributed by atoms with Crippen LogP contribution >= 0.6 is 0 Å². The van der Waals surface area contributed by atoms with Crippen molar-refractivity contribution in [1.82, 2.24) is 4.90 Å². The van der Waals surface area contributed by atoms with Gasteiger partial charge in [-0.05, 0) is 130 Å². The van der Waals surface area contributed by atoms with Crippen LogP contribution in [0.4, 0.5) is 22.0 Å². The van der Waals surface area contributed by atoms with Crippen LogP contribution in [-0.4, -0.2) is 53.5 Å². The van der Waals surface area contributed by atoms with Crippen LogP contribution in [-0.2, 0) is 6.42 Å². The molecule has 6 atom stereocenters. The second kappa shape index (κ2) is 13.5. The van der Waals surface area contributed by atoms with Crippen LogP contribution in [0.5, 0.6) is 5.75 Å². The minimum absolute atomic E-state index is 0.0136. The fourth-order valence-corrected chi connectivity index (χ4v) is 8.61. The van der Waals surface area contributed by atoms with E-state index in [2.05, 4.69) is 24.9 Å². The highest BCUT2D eigenvalue weighted by Crippen LogP contribution is 2.63. The van der Waals surface area contributed by atoms with E-state index in [-0.39, 0.29) is 17.9 Å². The van der Waals surface area contributed by atoms with Gasteiger partial charge in [-0.3, -0.25) is 0 Å². The number of rotatable bonds is 14. The van der Waals surface area contributed by atoms with Crippen molar-refractivity contribution < 1.29 is 32.2 Å². The highest BCUT2D eigenvalue weighted by molar-refractivity contribution is 5.40. The number of unbranched alkanes of at least 4 members (excludes halogenated alkanes) is 6. The summed E-state index contributed by atoms with van der Waals surface area (Å²) >= 11 is 0. The Bertz CT molecular complexity index is 985. The highest BCUT2D eigenvalue weighted by Gasteiger charge is 2.57. The van der Waals surface area contributed by atoms with Crippen LogP contribution in [0.3, 0.4) is 0 Å². The number of aryl methyl sites for hydroxylation is 1. The quantitative estimate of drug-likeness (QED) is 0.169. The second-order valence-electron chi connectivity index (χ2n) is 13.7. The zero-order valence-electron chi connectivity index (χ0n) is 24.9. The zero-order chi connectivity index (χ0) is 29.8. The molecule has 1 aromatic rings. The maximum absolute atomic E-state index is 13.0. The summed E-state index contributed by atoms with van der Waals surface area (Å²) in [5, 5.41) is 21.1. The van der Waals surface area contributed by atoms with Gasteiger partial charge in [0.25, 0.3) is 0 Å². The summed E-state index contributed by atoms with van der Waals surface area (Å²) in [7, 11) is 2.09. The van der Waals surface area contributed by atoms with Crippen LogP contribution in [0.1, 0.15) is 114 Å². The van der Waals surface area contributed by atoms with Gasteiger partial charge in [0, 0.05) is 6.42 Å². The van der Waals surface area contributed by atoms with Crippen molar-refractivity contribution in [2.45, 2.75) is 127 Å². The predicted molar refractivity (Wildman–Crippen MR) is 152 cm³/mol. The van der Waals surface area contributed by atoms with Crippen molar-refractivity contribution in [3.8, 4) is 5.75 Å². The molecule has 0 amide bonds. The Labute approximate surface area is 242 Å². The van der Waals surface area contributed by atoms with Crippen molar-refractivity contribution in [2.75, 3.05) is 20.1 Å². The molecule has 41 heavy (non-hydrogen) atoms. The van der Waals surface area contributed by atoms with Crippen LogP contribution < -0.4 is 0 Å². The number of aromatic hydroxyl groups is 1. The Kier molecular flexibility index (Phi) is 10.7. The van der Waals surface area contributed by atoms with Gasteiger partial charge >= 0.3 is 12.1 Å². The fraction of sp³-hybridized carbons (Fsp3) is 0.818. The molecule has 234 valence electrons. The largest absolute Gasteiger partial charge is 0.508 e. The number of fused-ring (bicyclic) bond motifs is 5. The molecule has 0 aromatic heterocycles. The Morgan fingerprint density at radius 2 is 1.56 bits per heavy atom. The first-order valence-corrected chi connectivity index (χ1v) is 16.0. The summed E-state index contributed by atoms with van der Waals surface area (Å²) in [6, 6.07) is 5.97. The first kappa shape index (κ1) is 32.5. The van der Waals surface area contributed by atoms with E-state index in [1.54, 1.807) is 0 Å². The third-order valence-corrected chi connectivity index (χ3v) is 10.8. The van der Waals surface area contributed by atoms with Gasteiger partial charge in [0.1, 0.15) is 5.75 Å². The van der Waals surface area contributed by atoms with Crippen LogP contribution in [0.2, 0.25) is 0 Å². The standard InChI is InChI=1S/C33H50F5NO2/c1-31-22-24(30-26-15-13-25(40)21-23(26)12-14-27(30)28(31)16-17-29(31)41)11-7-6-10-20-39(2)19-9-5-3-4-8-18-32(34,35)33(36,37)38/h13,15,21,24,27-30,40-41H,3-12,14,16-20,22H2,1-2H3/t24-,27-,28-,29-,30+,31-/m0/s1. The fourth-order valence-electron chi connectivity index (χ4n) is 8.61. The number of phenols is 1. The molecule has 0 saturated heterocycles. The van der Waals surface area contributed by atoms with Crippen molar-refractivity contribution in [1.29, 1.82) is 0 Å². The van der Waals surface area contributed by atoms with Crippen molar-refractivity contribution >= 4 is 0 Å². The number of aliphatic hydroxyl groups excluding tert-OH is 1. The summed E-state index contributed by atoms with van der Waals surface area (Å²) in [4.78, 5) is 2.29. The summed E-state index contributed by atoms with van der Waals surface area (Å²) in [5.41, 5.74) is 2.75. The van der Waals surface area contributed by atoms with E-state index in [9.17, 15) is 32.2 Å². The molecule has 1 aromatic carbocycles. The Morgan fingerprint density at radius 1 is 0.902 bits per heavy atom. The van der Waals surface area contributed by atoms with E-state index in [0.717, 1.165) is 83.7 Å². The minimum atomic E-state index is -5.44. The molecule has 2 N–H and O–H groups in total. The van der Waals surface area contributed by atoms with Gasteiger partial charge in [-0.2, -0.15) is 22.0 Å². The molecule has 3 aliphatic rings. The maximum atomic E-state index is 13.0. The molecule has 0 spiro atoms. The molecule has 0 aliphatic heterocycles. The number of hydrogen-bond donors (Lipinski definition) is 2. The molecule has 3 nitrogen and oxygen atoms in total. The average Bonchev–Trinajstić information content (AvgIpc) is 3.20. The minimum Gasteiger partial charge on any atom is -0.508 e. The highest BCUT2D eigenvalue weighted by atomic mass is 19.4. The third-order valence-electron chi connectivity index (χ3n) is 10.8. The normalized spacial score (nSPS) is 29.8. The lowest BCUT2D eigenvalue weighted by atomic mass is 9.51. The number of alkyl halides is 5. The van der Waals surface area contributed by atoms with E-state index >= 15 is 0 Å². The van der Waals surface area contributed by atoms with Gasteiger partial charge in [-0.15, -0.1) is 0 Å². The van der Waals surface area contributed by atoms with E-state index in [0.29, 0.717) is 42.3 Å². The first-order chi connectivity index (χ1) is 19.3. The number of benzene rings is 1. The van der Waals surface area contributed by atoms with Gasteiger partial charge in [0.15, 0.2) is 0 Å². The Hall–Kier alpha value is -1.41. The molecule has 8 heteroatoms. The molecule has 2 fully saturated rings.